The van der Waals surface area contributed by atoms with Gasteiger partial charge in [-0.25, -0.2) is 0 Å². The number of carbonyl (C=O) groups excluding carboxylic acids is 1. The van der Waals surface area contributed by atoms with E-state index in [1.165, 1.54) is 17.0 Å². The van der Waals surface area contributed by atoms with Crippen molar-refractivity contribution in [3.05, 3.63) is 65.7 Å². The molecule has 0 unspecified atom stereocenters. The number of rotatable bonds is 2. The molecule has 1 aromatic carbocycles. The van der Waals surface area contributed by atoms with E-state index in [-0.39, 0.29) is 11.9 Å². The van der Waals surface area contributed by atoms with E-state index in [1.807, 2.05) is 19.9 Å². The summed E-state index contributed by atoms with van der Waals surface area (Å²) in [4.78, 5) is 18.9. The van der Waals surface area contributed by atoms with Crippen molar-refractivity contribution in [3.63, 3.8) is 0 Å². The first-order valence-electron chi connectivity index (χ1n) is 8.75. The molecule has 1 atom stereocenters. The Labute approximate surface area is 159 Å². The van der Waals surface area contributed by atoms with Gasteiger partial charge < -0.3 is 4.90 Å². The van der Waals surface area contributed by atoms with Gasteiger partial charge in [0.05, 0.1) is 17.8 Å². The lowest BCUT2D eigenvalue weighted by atomic mass is 10.0. The van der Waals surface area contributed by atoms with E-state index in [2.05, 4.69) is 10.1 Å². The average Bonchev–Trinajstić information content (AvgIpc) is 3.10. The zero-order chi connectivity index (χ0) is 20.1. The maximum absolute atomic E-state index is 13.2. The Bertz CT molecular complexity index is 1040. The van der Waals surface area contributed by atoms with Gasteiger partial charge in [0, 0.05) is 29.7 Å². The second-order valence-electron chi connectivity index (χ2n) is 6.85. The minimum atomic E-state index is -4.41. The van der Waals surface area contributed by atoms with Crippen LogP contribution in [-0.4, -0.2) is 27.2 Å². The Kier molecular flexibility index (Phi) is 4.21. The number of benzene rings is 1. The van der Waals surface area contributed by atoms with Gasteiger partial charge in [0.1, 0.15) is 5.69 Å². The molecule has 0 bridgehead atoms. The van der Waals surface area contributed by atoms with Crippen LogP contribution in [0.2, 0.25) is 0 Å². The Morgan fingerprint density at radius 2 is 1.86 bits per heavy atom. The van der Waals surface area contributed by atoms with Crippen molar-refractivity contribution in [2.24, 2.45) is 0 Å². The number of alkyl halides is 3. The van der Waals surface area contributed by atoms with Gasteiger partial charge in [-0.3, -0.25) is 14.5 Å². The van der Waals surface area contributed by atoms with Crippen molar-refractivity contribution >= 4 is 11.6 Å². The summed E-state index contributed by atoms with van der Waals surface area (Å²) in [6, 6.07) is 8.20. The van der Waals surface area contributed by atoms with Crippen LogP contribution < -0.4 is 4.90 Å². The quantitative estimate of drug-likeness (QED) is 0.653. The predicted octanol–water partition coefficient (Wildman–Crippen LogP) is 4.49. The number of amides is 1. The predicted molar refractivity (Wildman–Crippen MR) is 98.0 cm³/mol. The second kappa shape index (κ2) is 6.47. The lowest BCUT2D eigenvalue weighted by molar-refractivity contribution is -0.137. The SMILES string of the molecule is C[C@H]1CN(c2ccc(C(F)(F)F)cc2)C(=O)c2c(-c3ccnc([11CH3])c3)cnn21. The monoisotopic (exact) mass is 385 g/mol. The molecule has 0 saturated heterocycles. The van der Waals surface area contributed by atoms with E-state index in [1.54, 1.807) is 23.1 Å². The highest BCUT2D eigenvalue weighted by Crippen LogP contribution is 2.34. The van der Waals surface area contributed by atoms with Crippen LogP contribution in [0.15, 0.2) is 48.8 Å². The third-order valence-electron chi connectivity index (χ3n) is 4.82. The molecule has 8 heteroatoms. The average molecular weight is 385 g/mol. The van der Waals surface area contributed by atoms with Crippen molar-refractivity contribution in [2.45, 2.75) is 26.1 Å². The van der Waals surface area contributed by atoms with Crippen LogP contribution in [0.1, 0.15) is 34.7 Å². The van der Waals surface area contributed by atoms with Crippen LogP contribution in [0.25, 0.3) is 11.1 Å². The summed E-state index contributed by atoms with van der Waals surface area (Å²) >= 11 is 0. The Balaban J connectivity index is 1.75. The fraction of sp³-hybridized carbons (Fsp3) is 0.250. The van der Waals surface area contributed by atoms with Crippen LogP contribution in [-0.2, 0) is 6.18 Å². The molecule has 0 saturated carbocycles. The first-order chi connectivity index (χ1) is 13.3. The summed E-state index contributed by atoms with van der Waals surface area (Å²) < 4.78 is 40.2. The standard InChI is InChI=1S/C20H17F3N4O/c1-12-9-14(7-8-24-12)17-10-25-27-13(2)11-26(19(28)18(17)27)16-5-3-15(4-6-16)20(21,22)23/h3-10,13H,11H2,1-2H3/t13-/m0/s1/i1-1. The Morgan fingerprint density at radius 1 is 1.14 bits per heavy atom. The van der Waals surface area contributed by atoms with E-state index in [4.69, 9.17) is 0 Å². The van der Waals surface area contributed by atoms with Crippen LogP contribution in [0.5, 0.6) is 0 Å². The Hall–Kier alpha value is -3.16. The largest absolute Gasteiger partial charge is 0.416 e. The van der Waals surface area contributed by atoms with Gasteiger partial charge >= 0.3 is 6.18 Å². The van der Waals surface area contributed by atoms with E-state index in [0.29, 0.717) is 23.5 Å². The van der Waals surface area contributed by atoms with Gasteiger partial charge in [-0.05, 0) is 55.8 Å². The molecular formula is C20H17F3N4O. The topological polar surface area (TPSA) is 51.0 Å². The van der Waals surface area contributed by atoms with Gasteiger partial charge in [-0.15, -0.1) is 0 Å². The minimum absolute atomic E-state index is 0.119. The summed E-state index contributed by atoms with van der Waals surface area (Å²) in [5.74, 6) is -0.292. The third kappa shape index (κ3) is 3.04. The van der Waals surface area contributed by atoms with Crippen LogP contribution >= 0.6 is 0 Å². The molecule has 0 radical (unpaired) electrons. The third-order valence-corrected chi connectivity index (χ3v) is 4.82. The van der Waals surface area contributed by atoms with Gasteiger partial charge in [-0.2, -0.15) is 18.3 Å². The molecule has 1 aliphatic heterocycles. The molecule has 28 heavy (non-hydrogen) atoms. The number of aromatic nitrogens is 3. The summed E-state index contributed by atoms with van der Waals surface area (Å²) in [6.45, 7) is 4.10. The van der Waals surface area contributed by atoms with Crippen molar-refractivity contribution in [1.29, 1.82) is 0 Å². The maximum atomic E-state index is 13.2. The van der Waals surface area contributed by atoms with Gasteiger partial charge in [0.15, 0.2) is 0 Å². The lowest BCUT2D eigenvalue weighted by Gasteiger charge is -2.32. The number of hydrogen-bond acceptors (Lipinski definition) is 3. The molecule has 144 valence electrons. The van der Waals surface area contributed by atoms with E-state index in [9.17, 15) is 18.0 Å². The fourth-order valence-corrected chi connectivity index (χ4v) is 3.44. The number of fused-ring (bicyclic) bond motifs is 1. The van der Waals surface area contributed by atoms with E-state index < -0.39 is 11.7 Å². The lowest BCUT2D eigenvalue weighted by Crippen LogP contribution is -2.42. The molecule has 3 heterocycles. The second-order valence-corrected chi connectivity index (χ2v) is 6.85. The molecule has 3 aromatic rings. The molecule has 1 aliphatic rings. The van der Waals surface area contributed by atoms with E-state index >= 15 is 0 Å². The molecule has 2 aromatic heterocycles. The van der Waals surface area contributed by atoms with Crippen molar-refractivity contribution < 1.29 is 18.0 Å². The molecule has 5 nitrogen and oxygen atoms in total. The number of aryl methyl sites for hydroxylation is 1. The zero-order valence-electron chi connectivity index (χ0n) is 15.2. The Morgan fingerprint density at radius 3 is 2.50 bits per heavy atom. The number of pyridine rings is 1. The first-order valence-corrected chi connectivity index (χ1v) is 8.75. The van der Waals surface area contributed by atoms with Crippen molar-refractivity contribution in [2.75, 3.05) is 11.4 Å². The highest BCUT2D eigenvalue weighted by Gasteiger charge is 2.35. The summed E-state index contributed by atoms with van der Waals surface area (Å²) in [6.07, 6.45) is -1.10. The van der Waals surface area contributed by atoms with Crippen LogP contribution in [0, 0.1) is 6.92 Å². The summed E-state index contributed by atoms with van der Waals surface area (Å²) in [5, 5.41) is 4.37. The molecule has 0 fully saturated rings. The first kappa shape index (κ1) is 18.2. The molecule has 0 aliphatic carbocycles. The highest BCUT2D eigenvalue weighted by molar-refractivity contribution is 6.09. The van der Waals surface area contributed by atoms with Crippen molar-refractivity contribution in [3.8, 4) is 11.1 Å². The van der Waals surface area contributed by atoms with Crippen LogP contribution in [0.4, 0.5) is 18.9 Å². The number of anilines is 1. The molecule has 4 rings (SSSR count). The number of hydrogen-bond donors (Lipinski definition) is 0. The summed E-state index contributed by atoms with van der Waals surface area (Å²) in [7, 11) is 0. The molecule has 0 spiro atoms. The van der Waals surface area contributed by atoms with Gasteiger partial charge in [-0.1, -0.05) is 0 Å². The molecule has 0 N–H and O–H groups in total. The van der Waals surface area contributed by atoms with Crippen molar-refractivity contribution in [1.82, 2.24) is 14.8 Å². The van der Waals surface area contributed by atoms with Gasteiger partial charge in [0.2, 0.25) is 0 Å². The number of halogens is 3. The minimum Gasteiger partial charge on any atom is -0.305 e. The van der Waals surface area contributed by atoms with E-state index in [0.717, 1.165) is 23.4 Å². The highest BCUT2D eigenvalue weighted by atomic mass is 19.4. The number of nitrogens with zero attached hydrogens (tertiary/aromatic N) is 4. The number of carbonyl (C=O) groups is 1. The smallest absolute Gasteiger partial charge is 0.305 e. The fourth-order valence-electron chi connectivity index (χ4n) is 3.44. The molecule has 1 amide bonds. The van der Waals surface area contributed by atoms with Crippen LogP contribution in [0.3, 0.4) is 0 Å². The maximum Gasteiger partial charge on any atom is 0.416 e. The summed E-state index contributed by atoms with van der Waals surface area (Å²) in [5.41, 5.74) is 2.42. The zero-order valence-corrected chi connectivity index (χ0v) is 15.2. The molecular weight excluding hydrogens is 368 g/mol. The normalized spacial score (nSPS) is 17.0. The van der Waals surface area contributed by atoms with Gasteiger partial charge in [0.25, 0.3) is 5.91 Å².